The summed E-state index contributed by atoms with van der Waals surface area (Å²) in [6, 6.07) is 2.30. The minimum Gasteiger partial charge on any atom is -0.490 e. The Morgan fingerprint density at radius 1 is 1.20 bits per heavy atom. The van der Waals surface area contributed by atoms with Gasteiger partial charge < -0.3 is 9.47 Å². The number of hydrogen-bond donors (Lipinski definition) is 0. The molecule has 2 heterocycles. The zero-order valence-corrected chi connectivity index (χ0v) is 10.8. The molecule has 0 aromatic heterocycles. The van der Waals surface area contributed by atoms with Gasteiger partial charge in [-0.05, 0) is 18.6 Å². The third-order valence-electron chi connectivity index (χ3n) is 4.04. The topological polar surface area (TPSA) is 18.5 Å². The molecule has 0 aliphatic carbocycles. The van der Waals surface area contributed by atoms with E-state index in [0.29, 0.717) is 31.8 Å². The Morgan fingerprint density at radius 2 is 1.85 bits per heavy atom. The summed E-state index contributed by atoms with van der Waals surface area (Å²) in [5.74, 6) is -0.672. The van der Waals surface area contributed by atoms with Crippen LogP contribution in [-0.2, 0) is 10.2 Å². The van der Waals surface area contributed by atoms with Crippen LogP contribution in [0.1, 0.15) is 26.3 Å². The Hall–Kier alpha value is -1.60. The van der Waals surface area contributed by atoms with Gasteiger partial charge in [0, 0.05) is 23.5 Å². The van der Waals surface area contributed by atoms with Gasteiger partial charge >= 0.3 is 0 Å². The van der Waals surface area contributed by atoms with E-state index in [-0.39, 0.29) is 30.3 Å². The number of hydrogen-bond acceptors (Lipinski definition) is 2. The highest BCUT2D eigenvalue weighted by molar-refractivity contribution is 5.44. The predicted molar refractivity (Wildman–Crippen MR) is 74.8 cm³/mol. The molecule has 0 saturated carbocycles. The fourth-order valence-electron chi connectivity index (χ4n) is 2.85. The number of halogens is 2. The molecule has 0 bridgehead atoms. The average molecular weight is 282 g/mol. The van der Waals surface area contributed by atoms with Crippen LogP contribution in [0.15, 0.2) is 12.1 Å². The second-order valence-corrected chi connectivity index (χ2v) is 4.98. The Labute approximate surface area is 119 Å². The molecule has 110 valence electrons. The minimum absolute atomic E-state index is 0. The Balaban J connectivity index is 0.000000639. The first kappa shape index (κ1) is 16.5. The van der Waals surface area contributed by atoms with Crippen molar-refractivity contribution in [3.63, 3.8) is 0 Å². The van der Waals surface area contributed by atoms with Gasteiger partial charge in [-0.2, -0.15) is 0 Å². The van der Waals surface area contributed by atoms with Crippen molar-refractivity contribution in [1.82, 2.24) is 0 Å². The van der Waals surface area contributed by atoms with Crippen molar-refractivity contribution in [1.29, 1.82) is 0 Å². The molecule has 4 heteroatoms. The summed E-state index contributed by atoms with van der Waals surface area (Å²) < 4.78 is 38.4. The highest BCUT2D eigenvalue weighted by Gasteiger charge is 2.46. The van der Waals surface area contributed by atoms with E-state index in [1.165, 1.54) is 6.07 Å². The van der Waals surface area contributed by atoms with Crippen molar-refractivity contribution in [2.45, 2.75) is 26.2 Å². The molecular weight excluding hydrogens is 262 g/mol. The summed E-state index contributed by atoms with van der Waals surface area (Å²) in [5, 5.41) is 0. The van der Waals surface area contributed by atoms with E-state index in [1.807, 2.05) is 6.92 Å². The summed E-state index contributed by atoms with van der Waals surface area (Å²) in [6.45, 7) is 3.50. The largest absolute Gasteiger partial charge is 0.490 e. The molecule has 0 amide bonds. The second kappa shape index (κ2) is 6.23. The van der Waals surface area contributed by atoms with Crippen LogP contribution in [0.2, 0.25) is 0 Å². The van der Waals surface area contributed by atoms with E-state index in [0.717, 1.165) is 6.07 Å². The van der Waals surface area contributed by atoms with Crippen molar-refractivity contribution in [3.8, 4) is 18.6 Å². The molecule has 2 aliphatic rings. The summed E-state index contributed by atoms with van der Waals surface area (Å²) in [7, 11) is 0. The van der Waals surface area contributed by atoms with E-state index in [1.54, 1.807) is 0 Å². The molecule has 2 nitrogen and oxygen atoms in total. The number of rotatable bonds is 0. The number of terminal acetylenes is 1. The van der Waals surface area contributed by atoms with E-state index in [4.69, 9.17) is 9.47 Å². The lowest BCUT2D eigenvalue weighted by atomic mass is 9.67. The molecule has 0 N–H and O–H groups in total. The van der Waals surface area contributed by atoms with Gasteiger partial charge in [-0.25, -0.2) is 8.78 Å². The third kappa shape index (κ3) is 2.38. The molecule has 2 atom stereocenters. The van der Waals surface area contributed by atoms with Crippen LogP contribution in [-0.4, -0.2) is 19.8 Å². The molecule has 2 aliphatic heterocycles. The van der Waals surface area contributed by atoms with Crippen LogP contribution in [0, 0.1) is 30.4 Å². The Kier molecular flexibility index (Phi) is 5.13. The van der Waals surface area contributed by atoms with Gasteiger partial charge in [0.2, 0.25) is 0 Å². The van der Waals surface area contributed by atoms with Crippen LogP contribution in [0.3, 0.4) is 0 Å². The van der Waals surface area contributed by atoms with Gasteiger partial charge in [0.1, 0.15) is 5.82 Å². The fraction of sp³-hybridized carbons (Fsp3) is 0.500. The molecule has 1 aromatic rings. The SMILES string of the molecule is C.C#C.C[C@@]12CCOCC1COc1c(F)ccc(F)c12. The van der Waals surface area contributed by atoms with E-state index in [9.17, 15) is 8.78 Å². The van der Waals surface area contributed by atoms with Gasteiger partial charge in [0.05, 0.1) is 13.2 Å². The number of benzene rings is 1. The lowest BCUT2D eigenvalue weighted by Gasteiger charge is -2.45. The summed E-state index contributed by atoms with van der Waals surface area (Å²) in [5.41, 5.74) is 0.00919. The Bertz CT molecular complexity index is 499. The van der Waals surface area contributed by atoms with Crippen LogP contribution >= 0.6 is 0 Å². The highest BCUT2D eigenvalue weighted by Crippen LogP contribution is 2.48. The van der Waals surface area contributed by atoms with Crippen molar-refractivity contribution >= 4 is 0 Å². The van der Waals surface area contributed by atoms with E-state index < -0.39 is 5.82 Å². The van der Waals surface area contributed by atoms with Crippen molar-refractivity contribution in [2.75, 3.05) is 19.8 Å². The van der Waals surface area contributed by atoms with Crippen LogP contribution in [0.5, 0.6) is 5.75 Å². The number of fused-ring (bicyclic) bond motifs is 3. The summed E-state index contributed by atoms with van der Waals surface area (Å²) >= 11 is 0. The minimum atomic E-state index is -0.479. The standard InChI is InChI=1S/C13H14F2O2.C2H2.CH4/c1-13-4-5-16-6-8(13)7-17-12-10(15)3-2-9(14)11(12)13;1-2;/h2-3,8H,4-7H2,1H3;1-2H;1H4/t8?,13-;;/m1../s1. The molecule has 1 fully saturated rings. The number of ether oxygens (including phenoxy) is 2. The lowest BCUT2D eigenvalue weighted by molar-refractivity contribution is -0.0285. The van der Waals surface area contributed by atoms with Gasteiger partial charge in [0.25, 0.3) is 0 Å². The predicted octanol–water partition coefficient (Wildman–Crippen LogP) is 3.54. The lowest BCUT2D eigenvalue weighted by Crippen LogP contribution is -2.47. The van der Waals surface area contributed by atoms with Gasteiger partial charge in [-0.15, -0.1) is 12.8 Å². The first-order valence-corrected chi connectivity index (χ1v) is 6.15. The van der Waals surface area contributed by atoms with Crippen molar-refractivity contribution < 1.29 is 18.3 Å². The molecule has 3 rings (SSSR count). The maximum Gasteiger partial charge on any atom is 0.165 e. The highest BCUT2D eigenvalue weighted by atomic mass is 19.1. The maximum atomic E-state index is 14.0. The molecule has 0 spiro atoms. The molecule has 1 aromatic carbocycles. The first-order valence-electron chi connectivity index (χ1n) is 6.15. The van der Waals surface area contributed by atoms with Crippen LogP contribution in [0.25, 0.3) is 0 Å². The zero-order chi connectivity index (χ0) is 14.0. The Morgan fingerprint density at radius 3 is 2.55 bits per heavy atom. The first-order chi connectivity index (χ1) is 9.13. The zero-order valence-electron chi connectivity index (χ0n) is 10.8. The summed E-state index contributed by atoms with van der Waals surface area (Å²) in [6.07, 6.45) is 8.70. The molecule has 1 unspecified atom stereocenters. The molecular formula is C16H20F2O2. The normalized spacial score (nSPS) is 26.8. The van der Waals surface area contributed by atoms with Gasteiger partial charge in [-0.3, -0.25) is 0 Å². The smallest absolute Gasteiger partial charge is 0.165 e. The van der Waals surface area contributed by atoms with E-state index >= 15 is 0 Å². The van der Waals surface area contributed by atoms with Crippen molar-refractivity contribution in [2.24, 2.45) is 5.92 Å². The van der Waals surface area contributed by atoms with Crippen molar-refractivity contribution in [3.05, 3.63) is 29.3 Å². The quantitative estimate of drug-likeness (QED) is 0.678. The van der Waals surface area contributed by atoms with Crippen LogP contribution in [0.4, 0.5) is 8.78 Å². The molecule has 20 heavy (non-hydrogen) atoms. The molecule has 1 saturated heterocycles. The summed E-state index contributed by atoms with van der Waals surface area (Å²) in [4.78, 5) is 0. The third-order valence-corrected chi connectivity index (χ3v) is 4.04. The monoisotopic (exact) mass is 282 g/mol. The fourth-order valence-corrected chi connectivity index (χ4v) is 2.85. The van der Waals surface area contributed by atoms with Gasteiger partial charge in [0.15, 0.2) is 11.6 Å². The van der Waals surface area contributed by atoms with Gasteiger partial charge in [-0.1, -0.05) is 14.4 Å². The average Bonchev–Trinajstić information content (AvgIpc) is 2.44. The molecule has 0 radical (unpaired) electrons. The van der Waals surface area contributed by atoms with Crippen LogP contribution < -0.4 is 4.74 Å². The maximum absolute atomic E-state index is 14.0. The van der Waals surface area contributed by atoms with E-state index in [2.05, 4.69) is 12.8 Å². The second-order valence-electron chi connectivity index (χ2n) is 4.98.